The zero-order chi connectivity index (χ0) is 14.2. The predicted molar refractivity (Wildman–Crippen MR) is 83.6 cm³/mol. The summed E-state index contributed by atoms with van der Waals surface area (Å²) >= 11 is 0. The van der Waals surface area contributed by atoms with Gasteiger partial charge in [-0.25, -0.2) is 0 Å². The van der Waals surface area contributed by atoms with Gasteiger partial charge in [0.2, 0.25) is 0 Å². The Labute approximate surface area is 122 Å². The molecule has 0 radical (unpaired) electrons. The smallest absolute Gasteiger partial charge is 0.136 e. The summed E-state index contributed by atoms with van der Waals surface area (Å²) in [7, 11) is 2.20. The zero-order valence-corrected chi connectivity index (χ0v) is 12.9. The number of nitrogens with zero attached hydrogens (tertiary/aromatic N) is 1. The van der Waals surface area contributed by atoms with Crippen molar-refractivity contribution in [2.45, 2.75) is 45.1 Å². The third-order valence-corrected chi connectivity index (χ3v) is 4.93. The van der Waals surface area contributed by atoms with Gasteiger partial charge in [-0.3, -0.25) is 0 Å². The summed E-state index contributed by atoms with van der Waals surface area (Å²) in [5, 5.41) is 0. The first-order valence-corrected chi connectivity index (χ1v) is 7.87. The van der Waals surface area contributed by atoms with Crippen LogP contribution in [0.4, 0.5) is 0 Å². The Kier molecular flexibility index (Phi) is 3.59. The zero-order valence-electron chi connectivity index (χ0n) is 12.9. The van der Waals surface area contributed by atoms with Crippen LogP contribution < -0.4 is 0 Å². The normalized spacial score (nSPS) is 21.2. The average molecular weight is 271 g/mol. The largest absolute Gasteiger partial charge is 0.490 e. The molecule has 0 amide bonds. The molecule has 20 heavy (non-hydrogen) atoms. The molecule has 1 spiro atoms. The van der Waals surface area contributed by atoms with Gasteiger partial charge in [-0.15, -0.1) is 0 Å². The number of ether oxygens (including phenoxy) is 1. The maximum atomic E-state index is 6.30. The van der Waals surface area contributed by atoms with Crippen LogP contribution in [0.5, 0.6) is 0 Å². The fourth-order valence-corrected chi connectivity index (χ4v) is 3.42. The van der Waals surface area contributed by atoms with Crippen LogP contribution in [-0.4, -0.2) is 25.0 Å². The van der Waals surface area contributed by atoms with Crippen molar-refractivity contribution in [1.29, 1.82) is 0 Å². The third kappa shape index (κ3) is 2.16. The minimum atomic E-state index is -0.0777. The van der Waals surface area contributed by atoms with Gasteiger partial charge in [-0.2, -0.15) is 0 Å². The fourth-order valence-electron chi connectivity index (χ4n) is 3.42. The number of hydrogen-bond acceptors (Lipinski definition) is 2. The van der Waals surface area contributed by atoms with E-state index >= 15 is 0 Å². The molecule has 0 aliphatic carbocycles. The number of fused-ring (bicyclic) bond motifs is 2. The lowest BCUT2D eigenvalue weighted by Crippen LogP contribution is -2.43. The Balaban J connectivity index is 2.06. The molecule has 1 aromatic rings. The first-order valence-electron chi connectivity index (χ1n) is 7.87. The molecule has 2 aliphatic rings. The van der Waals surface area contributed by atoms with Crippen LogP contribution in [0.2, 0.25) is 0 Å². The lowest BCUT2D eigenvalue weighted by molar-refractivity contribution is -0.0359. The van der Waals surface area contributed by atoms with Crippen molar-refractivity contribution >= 4 is 5.57 Å². The Bertz CT molecular complexity index is 524. The van der Waals surface area contributed by atoms with Gasteiger partial charge in [0.05, 0.1) is 6.26 Å². The highest BCUT2D eigenvalue weighted by molar-refractivity contribution is 5.70. The number of hydrogen-bond donors (Lipinski definition) is 0. The van der Waals surface area contributed by atoms with E-state index in [1.807, 2.05) is 6.26 Å². The molecule has 0 saturated carbocycles. The molecule has 2 heteroatoms. The second-order valence-corrected chi connectivity index (χ2v) is 6.15. The summed E-state index contributed by atoms with van der Waals surface area (Å²) < 4.78 is 6.30. The van der Waals surface area contributed by atoms with E-state index in [1.54, 1.807) is 0 Å². The summed E-state index contributed by atoms with van der Waals surface area (Å²) in [5.74, 6) is 0. The quantitative estimate of drug-likeness (QED) is 0.807. The molecule has 1 fully saturated rings. The molecule has 1 saturated heterocycles. The second kappa shape index (κ2) is 5.25. The molecule has 3 rings (SSSR count). The van der Waals surface area contributed by atoms with Gasteiger partial charge >= 0.3 is 0 Å². The highest BCUT2D eigenvalue weighted by atomic mass is 16.5. The summed E-state index contributed by atoms with van der Waals surface area (Å²) in [6.07, 6.45) is 6.34. The van der Waals surface area contributed by atoms with Gasteiger partial charge < -0.3 is 9.64 Å². The molecular formula is C18H25NO. The van der Waals surface area contributed by atoms with Gasteiger partial charge in [0.1, 0.15) is 5.60 Å². The van der Waals surface area contributed by atoms with Crippen molar-refractivity contribution in [3.63, 3.8) is 0 Å². The van der Waals surface area contributed by atoms with Crippen molar-refractivity contribution < 1.29 is 4.74 Å². The van der Waals surface area contributed by atoms with Crippen LogP contribution in [0.15, 0.2) is 24.5 Å². The first-order chi connectivity index (χ1) is 9.68. The summed E-state index contributed by atoms with van der Waals surface area (Å²) in [5.41, 5.74) is 5.53. The van der Waals surface area contributed by atoms with Gasteiger partial charge in [0.15, 0.2) is 0 Å². The maximum Gasteiger partial charge on any atom is 0.136 e. The molecule has 0 atom stereocenters. The van der Waals surface area contributed by atoms with E-state index in [4.69, 9.17) is 4.74 Å². The van der Waals surface area contributed by atoms with Crippen LogP contribution in [0.1, 0.15) is 49.8 Å². The Morgan fingerprint density at radius 1 is 1.15 bits per heavy atom. The third-order valence-electron chi connectivity index (χ3n) is 4.93. The minimum Gasteiger partial charge on any atom is -0.490 e. The molecule has 0 N–H and O–H groups in total. The first kappa shape index (κ1) is 13.7. The highest BCUT2D eigenvalue weighted by Crippen LogP contribution is 2.44. The predicted octanol–water partition coefficient (Wildman–Crippen LogP) is 3.95. The number of likely N-dealkylation sites (tertiary alicyclic amines) is 1. The Morgan fingerprint density at radius 3 is 2.55 bits per heavy atom. The monoisotopic (exact) mass is 271 g/mol. The van der Waals surface area contributed by atoms with Crippen LogP contribution in [-0.2, 0) is 16.8 Å². The Hall–Kier alpha value is -1.28. The lowest BCUT2D eigenvalue weighted by atomic mass is 9.77. The number of allylic oxidation sites excluding steroid dienone is 1. The maximum absolute atomic E-state index is 6.30. The fraction of sp³-hybridized carbons (Fsp3) is 0.556. The van der Waals surface area contributed by atoms with Crippen molar-refractivity contribution in [3.05, 3.63) is 41.2 Å². The molecule has 108 valence electrons. The molecular weight excluding hydrogens is 246 g/mol. The van der Waals surface area contributed by atoms with Gasteiger partial charge in [0.25, 0.3) is 0 Å². The molecule has 0 aromatic heterocycles. The molecule has 0 unspecified atom stereocenters. The van der Waals surface area contributed by atoms with E-state index < -0.39 is 0 Å². The molecule has 2 heterocycles. The van der Waals surface area contributed by atoms with Crippen LogP contribution in [0.25, 0.3) is 5.57 Å². The van der Waals surface area contributed by atoms with E-state index in [2.05, 4.69) is 44.0 Å². The number of aryl methyl sites for hydroxylation is 1. The van der Waals surface area contributed by atoms with Gasteiger partial charge in [-0.1, -0.05) is 32.0 Å². The summed E-state index contributed by atoms with van der Waals surface area (Å²) in [4.78, 5) is 2.40. The molecule has 1 aromatic carbocycles. The summed E-state index contributed by atoms with van der Waals surface area (Å²) in [6, 6.07) is 6.98. The number of benzene rings is 1. The van der Waals surface area contributed by atoms with Crippen LogP contribution >= 0.6 is 0 Å². The SMILES string of the molecule is CCC1=COC2(CCN(C)CC2)c2cc(CC)ccc21. The van der Waals surface area contributed by atoms with Crippen molar-refractivity contribution in [1.82, 2.24) is 4.90 Å². The van der Waals surface area contributed by atoms with E-state index in [-0.39, 0.29) is 5.60 Å². The van der Waals surface area contributed by atoms with Crippen molar-refractivity contribution in [2.75, 3.05) is 20.1 Å². The second-order valence-electron chi connectivity index (χ2n) is 6.15. The number of piperidine rings is 1. The van der Waals surface area contributed by atoms with Crippen LogP contribution in [0, 0.1) is 0 Å². The standard InChI is InChI=1S/C18H25NO/c1-4-14-6-7-16-15(5-2)13-20-18(17(16)12-14)8-10-19(3)11-9-18/h6-7,12-13H,4-5,8-11H2,1-3H3. The van der Waals surface area contributed by atoms with E-state index in [1.165, 1.54) is 22.3 Å². The Morgan fingerprint density at radius 2 is 1.90 bits per heavy atom. The lowest BCUT2D eigenvalue weighted by Gasteiger charge is -2.43. The molecule has 2 aliphatic heterocycles. The van der Waals surface area contributed by atoms with Crippen molar-refractivity contribution in [2.24, 2.45) is 0 Å². The highest BCUT2D eigenvalue weighted by Gasteiger charge is 2.40. The van der Waals surface area contributed by atoms with Gasteiger partial charge in [-0.05, 0) is 36.6 Å². The van der Waals surface area contributed by atoms with Crippen LogP contribution in [0.3, 0.4) is 0 Å². The molecule has 0 bridgehead atoms. The summed E-state index contributed by atoms with van der Waals surface area (Å²) in [6.45, 7) is 6.67. The van der Waals surface area contributed by atoms with Crippen molar-refractivity contribution in [3.8, 4) is 0 Å². The van der Waals surface area contributed by atoms with Gasteiger partial charge in [0, 0.05) is 31.5 Å². The average Bonchev–Trinajstić information content (AvgIpc) is 2.50. The molecule has 2 nitrogen and oxygen atoms in total. The number of rotatable bonds is 2. The van der Waals surface area contributed by atoms with E-state index in [9.17, 15) is 0 Å². The topological polar surface area (TPSA) is 12.5 Å². The minimum absolute atomic E-state index is 0.0777. The van der Waals surface area contributed by atoms with E-state index in [0.29, 0.717) is 0 Å². The van der Waals surface area contributed by atoms with E-state index in [0.717, 1.165) is 38.8 Å².